The minimum Gasteiger partial charge on any atom is -0.456 e. The standard InChI is InChI=1S/C19H17NO3S/c21-18(13-23-19(22)11-10-15-7-4-12-24-15)20-17-9-3-6-14-5-1-2-8-16(14)17/h1-9,12H,10-11,13H2,(H,20,21). The van der Waals surface area contributed by atoms with Crippen molar-refractivity contribution in [2.75, 3.05) is 11.9 Å². The molecule has 2 aromatic carbocycles. The number of anilines is 1. The first kappa shape index (κ1) is 16.2. The molecule has 24 heavy (non-hydrogen) atoms. The highest BCUT2D eigenvalue weighted by molar-refractivity contribution is 7.09. The Labute approximate surface area is 144 Å². The van der Waals surface area contributed by atoms with Crippen LogP contribution in [0.1, 0.15) is 11.3 Å². The highest BCUT2D eigenvalue weighted by atomic mass is 32.1. The van der Waals surface area contributed by atoms with Crippen LogP contribution in [0.2, 0.25) is 0 Å². The van der Waals surface area contributed by atoms with Crippen LogP contribution >= 0.6 is 11.3 Å². The molecule has 0 fully saturated rings. The lowest BCUT2D eigenvalue weighted by molar-refractivity contribution is -0.147. The summed E-state index contributed by atoms with van der Waals surface area (Å²) in [6.07, 6.45) is 0.920. The van der Waals surface area contributed by atoms with Crippen LogP contribution in [-0.2, 0) is 20.7 Å². The van der Waals surface area contributed by atoms with Crippen molar-refractivity contribution in [2.45, 2.75) is 12.8 Å². The van der Waals surface area contributed by atoms with Gasteiger partial charge in [-0.1, -0.05) is 42.5 Å². The van der Waals surface area contributed by atoms with Gasteiger partial charge < -0.3 is 10.1 Å². The molecule has 0 spiro atoms. The summed E-state index contributed by atoms with van der Waals surface area (Å²) in [5.74, 6) is -0.702. The molecule has 5 heteroatoms. The molecule has 0 saturated carbocycles. The lowest BCUT2D eigenvalue weighted by atomic mass is 10.1. The summed E-state index contributed by atoms with van der Waals surface area (Å²) in [4.78, 5) is 24.8. The number of aryl methyl sites for hydroxylation is 1. The number of hydrogen-bond acceptors (Lipinski definition) is 4. The number of amides is 1. The van der Waals surface area contributed by atoms with Gasteiger partial charge in [-0.15, -0.1) is 11.3 Å². The molecular weight excluding hydrogens is 322 g/mol. The summed E-state index contributed by atoms with van der Waals surface area (Å²) in [6.45, 7) is -0.271. The first-order chi connectivity index (χ1) is 11.7. The fourth-order valence-electron chi connectivity index (χ4n) is 2.42. The van der Waals surface area contributed by atoms with E-state index in [1.807, 2.05) is 60.0 Å². The van der Waals surface area contributed by atoms with Crippen molar-refractivity contribution in [3.63, 3.8) is 0 Å². The molecule has 4 nitrogen and oxygen atoms in total. The Kier molecular flexibility index (Phi) is 5.23. The normalized spacial score (nSPS) is 10.5. The number of esters is 1. The maximum Gasteiger partial charge on any atom is 0.306 e. The van der Waals surface area contributed by atoms with E-state index in [0.717, 1.165) is 15.6 Å². The molecule has 0 unspecified atom stereocenters. The number of fused-ring (bicyclic) bond motifs is 1. The van der Waals surface area contributed by atoms with Crippen molar-refractivity contribution in [1.82, 2.24) is 0 Å². The van der Waals surface area contributed by atoms with E-state index in [4.69, 9.17) is 4.74 Å². The third-order valence-corrected chi connectivity index (χ3v) is 4.52. The topological polar surface area (TPSA) is 55.4 Å². The third kappa shape index (κ3) is 4.20. The highest BCUT2D eigenvalue weighted by Gasteiger charge is 2.10. The van der Waals surface area contributed by atoms with Crippen molar-refractivity contribution >= 4 is 39.7 Å². The van der Waals surface area contributed by atoms with Gasteiger partial charge in [0.2, 0.25) is 0 Å². The quantitative estimate of drug-likeness (QED) is 0.690. The van der Waals surface area contributed by atoms with Gasteiger partial charge in [-0.2, -0.15) is 0 Å². The van der Waals surface area contributed by atoms with E-state index in [1.165, 1.54) is 0 Å². The van der Waals surface area contributed by atoms with E-state index in [0.29, 0.717) is 12.1 Å². The highest BCUT2D eigenvalue weighted by Crippen LogP contribution is 2.22. The average Bonchev–Trinajstić information content (AvgIpc) is 3.12. The van der Waals surface area contributed by atoms with E-state index >= 15 is 0 Å². The number of ether oxygens (including phenoxy) is 1. The second-order valence-electron chi connectivity index (χ2n) is 5.31. The zero-order valence-corrected chi connectivity index (χ0v) is 13.8. The maximum atomic E-state index is 12.0. The second-order valence-corrected chi connectivity index (χ2v) is 6.35. The molecule has 3 rings (SSSR count). The number of benzene rings is 2. The van der Waals surface area contributed by atoms with Gasteiger partial charge in [-0.3, -0.25) is 9.59 Å². The number of carbonyl (C=O) groups excluding carboxylic acids is 2. The van der Waals surface area contributed by atoms with E-state index in [9.17, 15) is 9.59 Å². The number of thiophene rings is 1. The molecule has 0 bridgehead atoms. The number of carbonyl (C=O) groups is 2. The Bertz CT molecular complexity index is 837. The summed E-state index contributed by atoms with van der Waals surface area (Å²) in [5, 5.41) is 6.77. The zero-order valence-electron chi connectivity index (χ0n) is 13.0. The first-order valence-corrected chi connectivity index (χ1v) is 8.56. The second kappa shape index (κ2) is 7.75. The molecule has 0 radical (unpaired) electrons. The van der Waals surface area contributed by atoms with Crippen LogP contribution in [0.15, 0.2) is 60.0 Å². The predicted octanol–water partition coefficient (Wildman–Crippen LogP) is 4.02. The Morgan fingerprint density at radius 3 is 2.67 bits per heavy atom. The molecule has 1 aromatic heterocycles. The lowest BCUT2D eigenvalue weighted by Crippen LogP contribution is -2.21. The molecular formula is C19H17NO3S. The van der Waals surface area contributed by atoms with Gasteiger partial charge >= 0.3 is 5.97 Å². The van der Waals surface area contributed by atoms with Gasteiger partial charge in [0.05, 0.1) is 6.42 Å². The van der Waals surface area contributed by atoms with Crippen LogP contribution < -0.4 is 5.32 Å². The smallest absolute Gasteiger partial charge is 0.306 e. The SMILES string of the molecule is O=C(COC(=O)CCc1cccs1)Nc1cccc2ccccc12. The minimum atomic E-state index is -0.364. The molecule has 0 aliphatic heterocycles. The molecule has 0 saturated heterocycles. The molecule has 0 aliphatic carbocycles. The molecule has 0 aliphatic rings. The van der Waals surface area contributed by atoms with Gasteiger partial charge in [-0.05, 0) is 29.3 Å². The van der Waals surface area contributed by atoms with Crippen LogP contribution in [0.25, 0.3) is 10.8 Å². The predicted molar refractivity (Wildman–Crippen MR) is 96.2 cm³/mol. The Balaban J connectivity index is 1.51. The summed E-state index contributed by atoms with van der Waals surface area (Å²) < 4.78 is 5.04. The van der Waals surface area contributed by atoms with Crippen molar-refractivity contribution in [2.24, 2.45) is 0 Å². The van der Waals surface area contributed by atoms with Gasteiger partial charge in [-0.25, -0.2) is 0 Å². The largest absolute Gasteiger partial charge is 0.456 e. The zero-order chi connectivity index (χ0) is 16.8. The Morgan fingerprint density at radius 2 is 1.83 bits per heavy atom. The van der Waals surface area contributed by atoms with Gasteiger partial charge in [0.15, 0.2) is 6.61 Å². The summed E-state index contributed by atoms with van der Waals surface area (Å²) in [5.41, 5.74) is 0.715. The van der Waals surface area contributed by atoms with Crippen molar-refractivity contribution < 1.29 is 14.3 Å². The average molecular weight is 339 g/mol. The molecule has 1 N–H and O–H groups in total. The monoisotopic (exact) mass is 339 g/mol. The summed E-state index contributed by atoms with van der Waals surface area (Å²) in [7, 11) is 0. The summed E-state index contributed by atoms with van der Waals surface area (Å²) in [6, 6.07) is 17.4. The molecule has 1 heterocycles. The van der Waals surface area contributed by atoms with Crippen LogP contribution in [0.5, 0.6) is 0 Å². The van der Waals surface area contributed by atoms with Gasteiger partial charge in [0.1, 0.15) is 0 Å². The number of rotatable bonds is 6. The maximum absolute atomic E-state index is 12.0. The fraction of sp³-hybridized carbons (Fsp3) is 0.158. The number of hydrogen-bond donors (Lipinski definition) is 1. The Hall–Kier alpha value is -2.66. The summed E-state index contributed by atoms with van der Waals surface area (Å²) >= 11 is 1.61. The Morgan fingerprint density at radius 1 is 1.00 bits per heavy atom. The fourth-order valence-corrected chi connectivity index (χ4v) is 3.13. The molecule has 122 valence electrons. The third-order valence-electron chi connectivity index (χ3n) is 3.58. The van der Waals surface area contributed by atoms with E-state index < -0.39 is 0 Å². The molecule has 1 amide bonds. The van der Waals surface area contributed by atoms with Crippen molar-refractivity contribution in [3.05, 3.63) is 64.9 Å². The molecule has 0 atom stereocenters. The lowest BCUT2D eigenvalue weighted by Gasteiger charge is -2.09. The molecule has 3 aromatic rings. The van der Waals surface area contributed by atoms with Gasteiger partial charge in [0.25, 0.3) is 5.91 Å². The van der Waals surface area contributed by atoms with Crippen LogP contribution in [-0.4, -0.2) is 18.5 Å². The first-order valence-electron chi connectivity index (χ1n) is 7.68. The van der Waals surface area contributed by atoms with E-state index in [-0.39, 0.29) is 24.9 Å². The van der Waals surface area contributed by atoms with E-state index in [2.05, 4.69) is 5.32 Å². The minimum absolute atomic E-state index is 0.271. The van der Waals surface area contributed by atoms with Crippen molar-refractivity contribution in [1.29, 1.82) is 0 Å². The van der Waals surface area contributed by atoms with Crippen LogP contribution in [0.3, 0.4) is 0 Å². The van der Waals surface area contributed by atoms with Crippen LogP contribution in [0.4, 0.5) is 5.69 Å². The number of nitrogens with one attached hydrogen (secondary N) is 1. The van der Waals surface area contributed by atoms with Crippen molar-refractivity contribution in [3.8, 4) is 0 Å². The van der Waals surface area contributed by atoms with Gasteiger partial charge in [0, 0.05) is 16.0 Å². The van der Waals surface area contributed by atoms with E-state index in [1.54, 1.807) is 11.3 Å². The van der Waals surface area contributed by atoms with Crippen LogP contribution in [0, 0.1) is 0 Å².